The Morgan fingerprint density at radius 1 is 0.415 bits per heavy atom. The van der Waals surface area contributed by atoms with E-state index in [1.54, 1.807) is 0 Å². The average Bonchev–Trinajstić information content (AvgIpc) is 2.75. The standard InChI is InChI=1S/C14F25NO/c15-1-5(18,19)2(16)7(22,23)3(17,6(1,20)21)10(28,29)4(8(1,24)25,9(2,26)27)41-14(36,37)12(32,40(38)39)11(30,31)13(33,34)35. The molecule has 0 aromatic carbocycles. The highest BCUT2D eigenvalue weighted by Gasteiger charge is 3.24. The van der Waals surface area contributed by atoms with Gasteiger partial charge in [0.25, 0.3) is 5.60 Å². The van der Waals surface area contributed by atoms with Crippen molar-refractivity contribution in [1.29, 1.82) is 0 Å². The van der Waals surface area contributed by atoms with Crippen molar-refractivity contribution >= 4 is 0 Å². The van der Waals surface area contributed by atoms with Gasteiger partial charge in [0.1, 0.15) is 0 Å². The largest absolute Gasteiger partial charge is 0.458 e. The topological polar surface area (TPSA) is 12.5 Å². The van der Waals surface area contributed by atoms with Gasteiger partial charge in [0, 0.05) is 0 Å². The maximum atomic E-state index is 14.8. The number of hydrogen-bond acceptors (Lipinski definition) is 2. The molecule has 4 fully saturated rings. The van der Waals surface area contributed by atoms with Crippen molar-refractivity contribution in [2.45, 2.75) is 82.1 Å². The fourth-order valence-corrected chi connectivity index (χ4v) is 4.83. The van der Waals surface area contributed by atoms with Gasteiger partial charge in [0.2, 0.25) is 0 Å². The zero-order valence-electron chi connectivity index (χ0n) is 17.3. The Morgan fingerprint density at radius 3 is 0.854 bits per heavy atom. The van der Waals surface area contributed by atoms with Crippen LogP contribution in [0.2, 0.25) is 0 Å². The maximum absolute atomic E-state index is 14.8. The number of alkyl halides is 23. The summed E-state index contributed by atoms with van der Waals surface area (Å²) in [5.74, 6) is -70.6. The zero-order chi connectivity index (χ0) is 33.3. The van der Waals surface area contributed by atoms with E-state index >= 15 is 0 Å². The van der Waals surface area contributed by atoms with Gasteiger partial charge in [-0.15, -0.1) is 0 Å². The number of halogens is 25. The molecule has 0 N–H and O–H groups in total. The van der Waals surface area contributed by atoms with Crippen LogP contribution in [-0.2, 0) is 4.74 Å². The molecular formula is C14F25NO. The van der Waals surface area contributed by atoms with E-state index in [4.69, 9.17) is 0 Å². The number of ether oxygens (including phenoxy) is 1. The van der Waals surface area contributed by atoms with E-state index in [0.29, 0.717) is 0 Å². The SMILES string of the molecule is FN(F)C(F)(C(F)(F)OC12C(F)(F)C3(F)C(F)(F)C(F)(C(F)(F)C(F)(C3(F)F)C1(F)F)C2(F)F)C(F)(F)C(F)(F)F. The average molecular weight is 673 g/mol. The van der Waals surface area contributed by atoms with Crippen LogP contribution < -0.4 is 0 Å². The van der Waals surface area contributed by atoms with Crippen LogP contribution in [0.15, 0.2) is 0 Å². The van der Waals surface area contributed by atoms with Crippen LogP contribution in [0.1, 0.15) is 0 Å². The first kappa shape index (κ1) is 33.7. The minimum absolute atomic E-state index is 1.29. The first-order valence-electron chi connectivity index (χ1n) is 9.07. The van der Waals surface area contributed by atoms with Crippen molar-refractivity contribution in [3.8, 4) is 0 Å². The lowest BCUT2D eigenvalue weighted by Gasteiger charge is -2.74. The second-order valence-electron chi connectivity index (χ2n) is 8.65. The number of hydrogen-bond donors (Lipinski definition) is 0. The molecule has 2 nitrogen and oxygen atoms in total. The summed E-state index contributed by atoms with van der Waals surface area (Å²) in [5, 5.41) is -4.87. The van der Waals surface area contributed by atoms with Crippen molar-refractivity contribution in [3.05, 3.63) is 0 Å². The Labute approximate surface area is 203 Å². The molecule has 4 rings (SSSR count). The summed E-state index contributed by atoms with van der Waals surface area (Å²) < 4.78 is 351. The van der Waals surface area contributed by atoms with Gasteiger partial charge in [-0.1, -0.05) is 8.96 Å². The summed E-state index contributed by atoms with van der Waals surface area (Å²) >= 11 is 0. The maximum Gasteiger partial charge on any atom is 0.458 e. The predicted octanol–water partition coefficient (Wildman–Crippen LogP) is 7.25. The van der Waals surface area contributed by atoms with Crippen LogP contribution in [0.4, 0.5) is 110 Å². The number of rotatable bonds is 5. The van der Waals surface area contributed by atoms with Gasteiger partial charge >= 0.3 is 76.5 Å². The molecule has 4 bridgehead atoms. The predicted molar refractivity (Wildman–Crippen MR) is 68.9 cm³/mol. The molecule has 27 heteroatoms. The van der Waals surface area contributed by atoms with Gasteiger partial charge in [-0.2, -0.15) is 83.4 Å². The van der Waals surface area contributed by atoms with Gasteiger partial charge in [0.15, 0.2) is 0 Å². The quantitative estimate of drug-likeness (QED) is 0.173. The summed E-state index contributed by atoms with van der Waals surface area (Å²) in [5.41, 5.74) is -35.2. The summed E-state index contributed by atoms with van der Waals surface area (Å²) in [6.07, 6.45) is -17.3. The molecule has 0 aromatic rings. The Balaban J connectivity index is 2.62. The lowest BCUT2D eigenvalue weighted by molar-refractivity contribution is -0.638. The highest BCUT2D eigenvalue weighted by molar-refractivity contribution is 5.54. The zero-order valence-corrected chi connectivity index (χ0v) is 17.3. The molecule has 4 aliphatic rings. The minimum Gasteiger partial charge on any atom is -0.290 e. The first-order chi connectivity index (χ1) is 17.4. The lowest BCUT2D eigenvalue weighted by Crippen LogP contribution is -3.10. The van der Waals surface area contributed by atoms with E-state index in [-0.39, 0.29) is 0 Å². The molecule has 0 heterocycles. The Kier molecular flexibility index (Phi) is 5.83. The lowest BCUT2D eigenvalue weighted by atomic mass is 9.40. The van der Waals surface area contributed by atoms with Crippen LogP contribution >= 0.6 is 0 Å². The fraction of sp³-hybridized carbons (Fsp3) is 1.00. The molecule has 0 spiro atoms. The van der Waals surface area contributed by atoms with Gasteiger partial charge in [-0.05, 0) is 0 Å². The number of nitrogens with zero attached hydrogens (tertiary/aromatic N) is 1. The van der Waals surface area contributed by atoms with Crippen LogP contribution in [0.5, 0.6) is 0 Å². The van der Waals surface area contributed by atoms with Crippen molar-refractivity contribution in [3.63, 3.8) is 0 Å². The van der Waals surface area contributed by atoms with E-state index < -0.39 is 87.5 Å². The Morgan fingerprint density at radius 2 is 0.659 bits per heavy atom. The van der Waals surface area contributed by atoms with E-state index in [9.17, 15) is 110 Å². The molecule has 0 aromatic heterocycles. The van der Waals surface area contributed by atoms with E-state index in [0.717, 1.165) is 0 Å². The molecule has 0 aliphatic heterocycles. The molecule has 242 valence electrons. The van der Waals surface area contributed by atoms with E-state index in [1.807, 2.05) is 0 Å². The summed E-state index contributed by atoms with van der Waals surface area (Å²) in [4.78, 5) is 0. The molecule has 1 atom stereocenters. The van der Waals surface area contributed by atoms with Gasteiger partial charge in [-0.3, -0.25) is 4.74 Å². The van der Waals surface area contributed by atoms with Crippen LogP contribution in [0, 0.1) is 0 Å². The molecule has 0 amide bonds. The third-order valence-corrected chi connectivity index (χ3v) is 6.89. The van der Waals surface area contributed by atoms with Crippen LogP contribution in [-0.4, -0.2) is 87.5 Å². The molecule has 41 heavy (non-hydrogen) atoms. The van der Waals surface area contributed by atoms with Crippen molar-refractivity contribution in [2.24, 2.45) is 0 Å². The van der Waals surface area contributed by atoms with E-state index in [1.165, 1.54) is 4.74 Å². The fourth-order valence-electron chi connectivity index (χ4n) is 4.83. The third kappa shape index (κ3) is 2.37. The van der Waals surface area contributed by atoms with Crippen molar-refractivity contribution in [1.82, 2.24) is 5.34 Å². The van der Waals surface area contributed by atoms with Gasteiger partial charge in [-0.25, -0.2) is 17.6 Å². The minimum atomic E-state index is -9.03. The summed E-state index contributed by atoms with van der Waals surface area (Å²) in [6.45, 7) is 0. The van der Waals surface area contributed by atoms with Crippen LogP contribution in [0.3, 0.4) is 0 Å². The highest BCUT2D eigenvalue weighted by Crippen LogP contribution is 2.89. The summed E-state index contributed by atoms with van der Waals surface area (Å²) in [6, 6.07) is 0. The Bertz CT molecular complexity index is 1020. The second kappa shape index (κ2) is 7.10. The van der Waals surface area contributed by atoms with Crippen molar-refractivity contribution < 1.29 is 115 Å². The third-order valence-electron chi connectivity index (χ3n) is 6.89. The monoisotopic (exact) mass is 673 g/mol. The molecule has 0 radical (unpaired) electrons. The molecular weight excluding hydrogens is 673 g/mol. The van der Waals surface area contributed by atoms with Crippen LogP contribution in [0.25, 0.3) is 0 Å². The normalized spacial score (nSPS) is 41.4. The second-order valence-corrected chi connectivity index (χ2v) is 8.65. The molecule has 4 aliphatic carbocycles. The highest BCUT2D eigenvalue weighted by atomic mass is 19.4. The molecule has 0 saturated heterocycles. The van der Waals surface area contributed by atoms with Crippen molar-refractivity contribution in [2.75, 3.05) is 0 Å². The first-order valence-corrected chi connectivity index (χ1v) is 9.07. The summed E-state index contributed by atoms with van der Waals surface area (Å²) in [7, 11) is 0. The molecule has 1 unspecified atom stereocenters. The smallest absolute Gasteiger partial charge is 0.290 e. The molecule has 4 saturated carbocycles. The van der Waals surface area contributed by atoms with E-state index in [2.05, 4.69) is 0 Å². The van der Waals surface area contributed by atoms with Gasteiger partial charge < -0.3 is 0 Å². The Hall–Kier alpha value is -1.83. The van der Waals surface area contributed by atoms with Gasteiger partial charge in [0.05, 0.1) is 5.34 Å².